The predicted molar refractivity (Wildman–Crippen MR) is 140 cm³/mol. The van der Waals surface area contributed by atoms with Gasteiger partial charge in [0.15, 0.2) is 29.5 Å². The summed E-state index contributed by atoms with van der Waals surface area (Å²) in [5.41, 5.74) is 2.50. The van der Waals surface area contributed by atoms with E-state index in [1.807, 2.05) is 45.0 Å². The lowest BCUT2D eigenvalue weighted by Crippen LogP contribution is -2.30. The largest absolute Gasteiger partial charge is 0.497 e. The highest BCUT2D eigenvalue weighted by Gasteiger charge is 2.57. The van der Waals surface area contributed by atoms with Crippen molar-refractivity contribution in [2.75, 3.05) is 7.11 Å². The molecular weight excluding hydrogens is 510 g/mol. The van der Waals surface area contributed by atoms with Crippen LogP contribution in [0.2, 0.25) is 5.02 Å². The first-order valence-corrected chi connectivity index (χ1v) is 12.6. The minimum Gasteiger partial charge on any atom is -0.497 e. The summed E-state index contributed by atoms with van der Waals surface area (Å²) in [6.07, 6.45) is 0.0363. The van der Waals surface area contributed by atoms with Crippen molar-refractivity contribution >= 4 is 39.3 Å². The molecule has 2 fully saturated rings. The van der Waals surface area contributed by atoms with Gasteiger partial charge >= 0.3 is 0 Å². The topological polar surface area (TPSA) is 93.9 Å². The van der Waals surface area contributed by atoms with Crippen LogP contribution in [0.1, 0.15) is 36.1 Å². The molecule has 2 saturated heterocycles. The molecule has 0 N–H and O–H groups in total. The Morgan fingerprint density at radius 3 is 2.66 bits per heavy atom. The van der Waals surface area contributed by atoms with Crippen LogP contribution in [0, 0.1) is 6.92 Å². The zero-order valence-electron chi connectivity index (χ0n) is 21.3. The number of pyridine rings is 1. The lowest BCUT2D eigenvalue weighted by atomic mass is 10.1. The van der Waals surface area contributed by atoms with Crippen molar-refractivity contribution in [1.82, 2.24) is 14.8 Å². The zero-order chi connectivity index (χ0) is 26.6. The summed E-state index contributed by atoms with van der Waals surface area (Å²) in [5, 5.41) is 6.75. The summed E-state index contributed by atoms with van der Waals surface area (Å²) >= 11 is 6.85. The summed E-state index contributed by atoms with van der Waals surface area (Å²) in [4.78, 5) is 17.3. The first-order chi connectivity index (χ1) is 18.3. The number of hydrogen-bond donors (Lipinski definition) is 0. The van der Waals surface area contributed by atoms with Crippen molar-refractivity contribution in [3.8, 4) is 5.75 Å². The molecule has 9 nitrogen and oxygen atoms in total. The van der Waals surface area contributed by atoms with Crippen LogP contribution in [-0.4, -0.2) is 51.9 Å². The maximum Gasteiger partial charge on any atom is 0.230 e. The third-order valence-electron chi connectivity index (χ3n) is 6.66. The second-order valence-corrected chi connectivity index (χ2v) is 10.0. The highest BCUT2D eigenvalue weighted by Crippen LogP contribution is 2.45. The lowest BCUT2D eigenvalue weighted by molar-refractivity contribution is -0.233. The number of fused-ring (bicyclic) bond motifs is 3. The van der Waals surface area contributed by atoms with Gasteiger partial charge in [0, 0.05) is 17.0 Å². The number of allylic oxidation sites excluding steroid dienone is 1. The number of nitrogens with zero attached hydrogens (tertiary/aromatic N) is 3. The number of rotatable bonds is 6. The van der Waals surface area contributed by atoms with Gasteiger partial charge in [0.25, 0.3) is 0 Å². The van der Waals surface area contributed by atoms with Crippen molar-refractivity contribution in [3.05, 3.63) is 77.1 Å². The molecule has 2 aliphatic heterocycles. The van der Waals surface area contributed by atoms with Crippen LogP contribution in [0.4, 0.5) is 0 Å². The predicted octanol–water partition coefficient (Wildman–Crippen LogP) is 5.34. The fourth-order valence-corrected chi connectivity index (χ4v) is 5.34. The molecule has 2 aliphatic rings. The third kappa shape index (κ3) is 4.21. The standard InChI is InChI=1S/C28H26ClN3O6/c1-15-21-22(29)18-14-17(34-4)10-11-19(18)30-25(21)32(31-15)26-23-24(38-28(2,3)37-23)27(36-26)35-13-12-20(33)16-8-6-5-7-9-16/h5-14,23-24,26-27H,1-4H3/b13-12+/t23-,24+,26-,27+/m1/s1. The van der Waals surface area contributed by atoms with E-state index in [-0.39, 0.29) is 5.78 Å². The summed E-state index contributed by atoms with van der Waals surface area (Å²) in [7, 11) is 1.61. The van der Waals surface area contributed by atoms with Crippen LogP contribution >= 0.6 is 11.6 Å². The molecule has 0 saturated carbocycles. The molecule has 0 spiro atoms. The Balaban J connectivity index is 1.34. The first-order valence-electron chi connectivity index (χ1n) is 12.2. The van der Waals surface area contributed by atoms with E-state index < -0.39 is 30.5 Å². The number of benzene rings is 2. The number of aryl methyl sites for hydroxylation is 1. The van der Waals surface area contributed by atoms with E-state index in [0.717, 1.165) is 5.39 Å². The summed E-state index contributed by atoms with van der Waals surface area (Å²) in [5.74, 6) is -0.365. The Morgan fingerprint density at radius 1 is 1.13 bits per heavy atom. The normalized spacial score (nSPS) is 24.3. The summed E-state index contributed by atoms with van der Waals surface area (Å²) in [6, 6.07) is 14.5. The highest BCUT2D eigenvalue weighted by molar-refractivity contribution is 6.40. The van der Waals surface area contributed by atoms with Gasteiger partial charge in [-0.25, -0.2) is 9.67 Å². The van der Waals surface area contributed by atoms with Gasteiger partial charge < -0.3 is 23.7 Å². The van der Waals surface area contributed by atoms with Gasteiger partial charge in [-0.15, -0.1) is 0 Å². The van der Waals surface area contributed by atoms with Gasteiger partial charge in [0.1, 0.15) is 11.9 Å². The molecule has 0 bridgehead atoms. The maximum absolute atomic E-state index is 12.5. The lowest BCUT2D eigenvalue weighted by Gasteiger charge is -2.24. The second kappa shape index (κ2) is 9.36. The molecule has 2 aromatic heterocycles. The van der Waals surface area contributed by atoms with Crippen LogP contribution in [0.25, 0.3) is 21.9 Å². The van der Waals surface area contributed by atoms with E-state index in [2.05, 4.69) is 0 Å². The Hall–Kier alpha value is -3.50. The van der Waals surface area contributed by atoms with E-state index in [9.17, 15) is 4.79 Å². The van der Waals surface area contributed by atoms with Gasteiger partial charge in [-0.1, -0.05) is 41.9 Å². The molecule has 0 unspecified atom stereocenters. The Bertz CT molecular complexity index is 1570. The number of carbonyl (C=O) groups excluding carboxylic acids is 1. The smallest absolute Gasteiger partial charge is 0.230 e. The van der Waals surface area contributed by atoms with Crippen LogP contribution in [0.15, 0.2) is 60.9 Å². The molecule has 196 valence electrons. The molecule has 0 amide bonds. The molecular formula is C28H26ClN3O6. The molecule has 4 aromatic rings. The average Bonchev–Trinajstić information content (AvgIpc) is 3.52. The van der Waals surface area contributed by atoms with E-state index in [1.54, 1.807) is 36.1 Å². The van der Waals surface area contributed by atoms with E-state index in [0.29, 0.717) is 38.6 Å². The second-order valence-electron chi connectivity index (χ2n) is 9.67. The molecule has 4 atom stereocenters. The molecule has 6 rings (SSSR count). The molecule has 0 aliphatic carbocycles. The van der Waals surface area contributed by atoms with E-state index >= 15 is 0 Å². The SMILES string of the molecule is COc1ccc2nc3c(c(C)nn3[C@@H]3O[C@H](O/C=C/C(=O)c4ccccc4)[C@H]4OC(C)(C)O[C@H]43)c(Cl)c2c1. The van der Waals surface area contributed by atoms with Crippen LogP contribution in [-0.2, 0) is 18.9 Å². The maximum atomic E-state index is 12.5. The monoisotopic (exact) mass is 535 g/mol. The number of methoxy groups -OCH3 is 1. The fourth-order valence-electron chi connectivity index (χ4n) is 4.97. The summed E-state index contributed by atoms with van der Waals surface area (Å²) in [6.45, 7) is 5.53. The number of hydrogen-bond acceptors (Lipinski definition) is 8. The Kier molecular flexibility index (Phi) is 6.11. The number of ether oxygens (including phenoxy) is 5. The summed E-state index contributed by atoms with van der Waals surface area (Å²) < 4.78 is 31.5. The van der Waals surface area contributed by atoms with E-state index in [4.69, 9.17) is 45.4 Å². The van der Waals surface area contributed by atoms with Crippen LogP contribution in [0.5, 0.6) is 5.75 Å². The first kappa shape index (κ1) is 24.8. The van der Waals surface area contributed by atoms with Gasteiger partial charge in [-0.05, 0) is 39.0 Å². The number of aromatic nitrogens is 3. The molecule has 4 heterocycles. The quantitative estimate of drug-likeness (QED) is 0.185. The zero-order valence-corrected chi connectivity index (χ0v) is 22.0. The van der Waals surface area contributed by atoms with Gasteiger partial charge in [0.2, 0.25) is 6.29 Å². The minimum atomic E-state index is -0.866. The van der Waals surface area contributed by atoms with E-state index in [1.165, 1.54) is 12.3 Å². The van der Waals surface area contributed by atoms with Gasteiger partial charge in [-0.2, -0.15) is 5.10 Å². The highest BCUT2D eigenvalue weighted by atomic mass is 35.5. The van der Waals surface area contributed by atoms with Crippen molar-refractivity contribution in [2.24, 2.45) is 0 Å². The fraction of sp³-hybridized carbons (Fsp3) is 0.321. The molecule has 2 aromatic carbocycles. The number of ketones is 1. The van der Waals surface area contributed by atoms with Crippen molar-refractivity contribution in [3.63, 3.8) is 0 Å². The minimum absolute atomic E-state index is 0.184. The third-order valence-corrected chi connectivity index (χ3v) is 7.06. The Morgan fingerprint density at radius 2 is 1.89 bits per heavy atom. The molecule has 0 radical (unpaired) electrons. The average molecular weight is 536 g/mol. The van der Waals surface area contributed by atoms with Gasteiger partial charge in [-0.3, -0.25) is 4.79 Å². The molecule has 10 heteroatoms. The molecule has 38 heavy (non-hydrogen) atoms. The number of carbonyl (C=O) groups is 1. The Labute approximate surface area is 223 Å². The van der Waals surface area contributed by atoms with Crippen molar-refractivity contribution < 1.29 is 28.5 Å². The number of halogens is 1. The van der Waals surface area contributed by atoms with Crippen molar-refractivity contribution in [1.29, 1.82) is 0 Å². The van der Waals surface area contributed by atoms with Gasteiger partial charge in [0.05, 0.1) is 35.0 Å². The van der Waals surface area contributed by atoms with Crippen LogP contribution in [0.3, 0.4) is 0 Å². The van der Waals surface area contributed by atoms with Crippen LogP contribution < -0.4 is 4.74 Å². The van der Waals surface area contributed by atoms with Crippen molar-refractivity contribution in [2.45, 2.75) is 51.3 Å².